The highest BCUT2D eigenvalue weighted by Crippen LogP contribution is 2.19. The first-order chi connectivity index (χ1) is 10.8. The predicted octanol–water partition coefficient (Wildman–Crippen LogP) is 1.63. The lowest BCUT2D eigenvalue weighted by Gasteiger charge is -2.16. The first-order valence-corrected chi connectivity index (χ1v) is 7.82. The van der Waals surface area contributed by atoms with Crippen molar-refractivity contribution in [3.8, 4) is 11.9 Å². The monoisotopic (exact) mass is 314 g/mol. The van der Waals surface area contributed by atoms with Gasteiger partial charge < -0.3 is 9.64 Å². The number of thiophene rings is 1. The van der Waals surface area contributed by atoms with E-state index in [0.29, 0.717) is 19.5 Å². The van der Waals surface area contributed by atoms with Crippen LogP contribution in [0.15, 0.2) is 29.9 Å². The molecule has 0 radical (unpaired) electrons. The second-order valence-corrected chi connectivity index (χ2v) is 5.98. The van der Waals surface area contributed by atoms with Gasteiger partial charge in [0.05, 0.1) is 13.0 Å². The van der Waals surface area contributed by atoms with Crippen molar-refractivity contribution in [2.75, 3.05) is 13.1 Å². The maximum Gasteiger partial charge on any atom is 0.251 e. The van der Waals surface area contributed by atoms with Gasteiger partial charge in [-0.1, -0.05) is 6.07 Å². The van der Waals surface area contributed by atoms with Crippen molar-refractivity contribution in [1.29, 1.82) is 5.26 Å². The van der Waals surface area contributed by atoms with Crippen LogP contribution in [0.4, 0.5) is 0 Å². The Hall–Kier alpha value is -2.46. The molecule has 0 N–H and O–H groups in total. The standard InChI is InChI=1S/C15H14N4O2S/c16-9-13-15(18-5-4-17-13)21-11-3-6-19(10-11)14(20)8-12-2-1-7-22-12/h1-2,4-5,7,11H,3,6,8,10H2/t11-/m1/s1. The van der Waals surface area contributed by atoms with E-state index in [1.54, 1.807) is 16.2 Å². The summed E-state index contributed by atoms with van der Waals surface area (Å²) in [6, 6.07) is 5.86. The molecule has 2 aromatic rings. The van der Waals surface area contributed by atoms with Crippen LogP contribution in [0.1, 0.15) is 17.0 Å². The van der Waals surface area contributed by atoms with E-state index in [2.05, 4.69) is 9.97 Å². The highest BCUT2D eigenvalue weighted by Gasteiger charge is 2.28. The Morgan fingerprint density at radius 2 is 2.36 bits per heavy atom. The van der Waals surface area contributed by atoms with Gasteiger partial charge in [-0.2, -0.15) is 5.26 Å². The van der Waals surface area contributed by atoms with Gasteiger partial charge in [-0.05, 0) is 11.4 Å². The third kappa shape index (κ3) is 3.23. The van der Waals surface area contributed by atoms with Crippen molar-refractivity contribution in [3.05, 3.63) is 40.5 Å². The molecule has 1 amide bonds. The molecular formula is C15H14N4O2S. The molecule has 1 saturated heterocycles. The van der Waals surface area contributed by atoms with Crippen LogP contribution < -0.4 is 4.74 Å². The molecular weight excluding hydrogens is 300 g/mol. The summed E-state index contributed by atoms with van der Waals surface area (Å²) in [5, 5.41) is 10.9. The summed E-state index contributed by atoms with van der Waals surface area (Å²) in [5.41, 5.74) is 0.172. The fourth-order valence-corrected chi connectivity index (χ4v) is 3.07. The van der Waals surface area contributed by atoms with Crippen molar-refractivity contribution in [2.45, 2.75) is 18.9 Å². The number of hydrogen-bond acceptors (Lipinski definition) is 6. The number of rotatable bonds is 4. The molecule has 1 aliphatic heterocycles. The van der Waals surface area contributed by atoms with Crippen molar-refractivity contribution in [3.63, 3.8) is 0 Å². The van der Waals surface area contributed by atoms with E-state index in [1.165, 1.54) is 12.4 Å². The van der Waals surface area contributed by atoms with E-state index >= 15 is 0 Å². The van der Waals surface area contributed by atoms with Crippen molar-refractivity contribution in [1.82, 2.24) is 14.9 Å². The Morgan fingerprint density at radius 1 is 1.50 bits per heavy atom. The van der Waals surface area contributed by atoms with Crippen LogP contribution in [0.5, 0.6) is 5.88 Å². The van der Waals surface area contributed by atoms with Crippen molar-refractivity contribution in [2.24, 2.45) is 0 Å². The summed E-state index contributed by atoms with van der Waals surface area (Å²) in [7, 11) is 0. The molecule has 0 bridgehead atoms. The van der Waals surface area contributed by atoms with Gasteiger partial charge in [-0.3, -0.25) is 4.79 Å². The molecule has 1 fully saturated rings. The number of nitrogens with zero attached hydrogens (tertiary/aromatic N) is 4. The van der Waals surface area contributed by atoms with Gasteiger partial charge in [0.1, 0.15) is 12.2 Å². The highest BCUT2D eigenvalue weighted by atomic mass is 32.1. The number of hydrogen-bond donors (Lipinski definition) is 0. The summed E-state index contributed by atoms with van der Waals surface area (Å²) in [6.45, 7) is 1.18. The predicted molar refractivity (Wildman–Crippen MR) is 80.4 cm³/mol. The van der Waals surface area contributed by atoms with Gasteiger partial charge in [0.15, 0.2) is 0 Å². The molecule has 2 aromatic heterocycles. The van der Waals surface area contributed by atoms with E-state index in [4.69, 9.17) is 10.00 Å². The summed E-state index contributed by atoms with van der Waals surface area (Å²) >= 11 is 1.59. The van der Waals surface area contributed by atoms with Crippen LogP contribution in [0, 0.1) is 11.3 Å². The number of carbonyl (C=O) groups excluding carboxylic acids is 1. The minimum absolute atomic E-state index is 0.105. The summed E-state index contributed by atoms with van der Waals surface area (Å²) in [6.07, 6.45) is 3.97. The Morgan fingerprint density at radius 3 is 3.14 bits per heavy atom. The zero-order valence-electron chi connectivity index (χ0n) is 11.8. The Kier molecular flexibility index (Phi) is 4.30. The lowest BCUT2D eigenvalue weighted by Crippen LogP contribution is -2.32. The molecule has 0 saturated carbocycles. The first kappa shape index (κ1) is 14.5. The van der Waals surface area contributed by atoms with Crippen LogP contribution in [0.25, 0.3) is 0 Å². The summed E-state index contributed by atoms with van der Waals surface area (Å²) in [5.74, 6) is 0.343. The molecule has 0 aromatic carbocycles. The van der Waals surface area contributed by atoms with Gasteiger partial charge >= 0.3 is 0 Å². The molecule has 0 aliphatic carbocycles. The van der Waals surface area contributed by atoms with Crippen LogP contribution in [-0.4, -0.2) is 40.0 Å². The molecule has 1 aliphatic rings. The van der Waals surface area contributed by atoms with E-state index < -0.39 is 0 Å². The van der Waals surface area contributed by atoms with Crippen LogP contribution in [0.2, 0.25) is 0 Å². The van der Waals surface area contributed by atoms with Gasteiger partial charge in [0.25, 0.3) is 5.88 Å². The smallest absolute Gasteiger partial charge is 0.251 e. The minimum Gasteiger partial charge on any atom is -0.470 e. The van der Waals surface area contributed by atoms with Crippen LogP contribution in [-0.2, 0) is 11.2 Å². The molecule has 3 rings (SSSR count). The fraction of sp³-hybridized carbons (Fsp3) is 0.333. The molecule has 0 spiro atoms. The maximum absolute atomic E-state index is 12.2. The van der Waals surface area contributed by atoms with E-state index in [0.717, 1.165) is 11.3 Å². The Bertz CT molecular complexity index is 696. The van der Waals surface area contributed by atoms with E-state index in [9.17, 15) is 4.79 Å². The van der Waals surface area contributed by atoms with Crippen molar-refractivity contribution < 1.29 is 9.53 Å². The SMILES string of the molecule is N#Cc1nccnc1O[C@@H]1CCN(C(=O)Cc2cccs2)C1. The average molecular weight is 314 g/mol. The molecule has 0 unspecified atom stereocenters. The van der Waals surface area contributed by atoms with E-state index in [1.807, 2.05) is 23.6 Å². The van der Waals surface area contributed by atoms with Gasteiger partial charge in [-0.25, -0.2) is 9.97 Å². The molecule has 3 heterocycles. The second-order valence-electron chi connectivity index (χ2n) is 4.95. The number of ether oxygens (including phenoxy) is 1. The fourth-order valence-electron chi connectivity index (χ4n) is 2.37. The number of nitriles is 1. The zero-order valence-corrected chi connectivity index (χ0v) is 12.6. The molecule has 6 nitrogen and oxygen atoms in total. The van der Waals surface area contributed by atoms with Gasteiger partial charge in [0, 0.05) is 30.2 Å². The number of aromatic nitrogens is 2. The number of amides is 1. The third-order valence-electron chi connectivity index (χ3n) is 3.45. The van der Waals surface area contributed by atoms with E-state index in [-0.39, 0.29) is 23.6 Å². The van der Waals surface area contributed by atoms with Crippen LogP contribution >= 0.6 is 11.3 Å². The number of carbonyl (C=O) groups is 1. The minimum atomic E-state index is -0.143. The Balaban J connectivity index is 1.58. The van der Waals surface area contributed by atoms with Crippen LogP contribution in [0.3, 0.4) is 0 Å². The largest absolute Gasteiger partial charge is 0.470 e. The first-order valence-electron chi connectivity index (χ1n) is 6.94. The topological polar surface area (TPSA) is 79.1 Å². The highest BCUT2D eigenvalue weighted by molar-refractivity contribution is 7.10. The quantitative estimate of drug-likeness (QED) is 0.857. The third-order valence-corrected chi connectivity index (χ3v) is 4.33. The summed E-state index contributed by atoms with van der Waals surface area (Å²) in [4.78, 5) is 23.0. The maximum atomic E-state index is 12.2. The lowest BCUT2D eigenvalue weighted by molar-refractivity contribution is -0.129. The molecule has 7 heteroatoms. The second kappa shape index (κ2) is 6.54. The van der Waals surface area contributed by atoms with Gasteiger partial charge in [0.2, 0.25) is 11.6 Å². The average Bonchev–Trinajstić information content (AvgIpc) is 3.19. The van der Waals surface area contributed by atoms with Crippen molar-refractivity contribution >= 4 is 17.2 Å². The Labute approximate surface area is 132 Å². The zero-order chi connectivity index (χ0) is 15.4. The molecule has 1 atom stereocenters. The number of likely N-dealkylation sites (tertiary alicyclic amines) is 1. The van der Waals surface area contributed by atoms with Gasteiger partial charge in [-0.15, -0.1) is 11.3 Å². The normalized spacial score (nSPS) is 17.2. The lowest BCUT2D eigenvalue weighted by atomic mass is 10.3. The molecule has 22 heavy (non-hydrogen) atoms. The summed E-state index contributed by atoms with van der Waals surface area (Å²) < 4.78 is 5.73. The molecule has 112 valence electrons.